The second kappa shape index (κ2) is 9.08. The lowest BCUT2D eigenvalue weighted by Gasteiger charge is -2.30. The highest BCUT2D eigenvalue weighted by Gasteiger charge is 2.24. The van der Waals surface area contributed by atoms with E-state index in [9.17, 15) is 9.18 Å². The van der Waals surface area contributed by atoms with Crippen molar-refractivity contribution in [3.63, 3.8) is 0 Å². The molecule has 0 saturated heterocycles. The molecule has 1 aliphatic carbocycles. The molecule has 7 heteroatoms. The van der Waals surface area contributed by atoms with E-state index >= 15 is 0 Å². The molecule has 0 radical (unpaired) electrons. The molecule has 1 aromatic heterocycles. The van der Waals surface area contributed by atoms with Crippen LogP contribution in [0.2, 0.25) is 0 Å². The van der Waals surface area contributed by atoms with E-state index in [2.05, 4.69) is 15.5 Å². The van der Waals surface area contributed by atoms with Crippen molar-refractivity contribution in [2.24, 2.45) is 11.7 Å². The lowest BCUT2D eigenvalue weighted by Crippen LogP contribution is -2.46. The molecule has 1 aliphatic rings. The number of carbonyl (C=O) groups is 1. The summed E-state index contributed by atoms with van der Waals surface area (Å²) < 4.78 is 18.6. The Morgan fingerprint density at radius 2 is 2.15 bits per heavy atom. The van der Waals surface area contributed by atoms with Gasteiger partial charge in [-0.15, -0.1) is 0 Å². The van der Waals surface area contributed by atoms with Gasteiger partial charge < -0.3 is 15.6 Å². The Kier molecular flexibility index (Phi) is 6.55. The summed E-state index contributed by atoms with van der Waals surface area (Å²) in [6.45, 7) is 2.15. The summed E-state index contributed by atoms with van der Waals surface area (Å²) in [6, 6.07) is 4.71. The van der Waals surface area contributed by atoms with Crippen molar-refractivity contribution in [1.29, 1.82) is 0 Å². The Labute approximate surface area is 158 Å². The van der Waals surface area contributed by atoms with Crippen LogP contribution in [0.4, 0.5) is 4.39 Å². The maximum atomic E-state index is 13.4. The quantitative estimate of drug-likeness (QED) is 0.776. The van der Waals surface area contributed by atoms with Crippen LogP contribution in [-0.2, 0) is 11.2 Å². The van der Waals surface area contributed by atoms with Gasteiger partial charge in [-0.1, -0.05) is 24.4 Å². The van der Waals surface area contributed by atoms with E-state index in [1.165, 1.54) is 25.3 Å². The standard InChI is InChI=1S/C20H27FN4O2/c1-13-11-15(7-8-16(13)21)20-24-19(27-25-20)10-9-18(26)23-17(12-22)14-5-3-2-4-6-14/h7-8,11,14,17H,2-6,9-10,12,22H2,1H3,(H,23,26). The molecule has 3 rings (SSSR count). The number of hydrogen-bond acceptors (Lipinski definition) is 5. The highest BCUT2D eigenvalue weighted by molar-refractivity contribution is 5.76. The van der Waals surface area contributed by atoms with E-state index < -0.39 is 0 Å². The van der Waals surface area contributed by atoms with Crippen LogP contribution in [-0.4, -0.2) is 28.6 Å². The molecule has 1 fully saturated rings. The van der Waals surface area contributed by atoms with Crippen LogP contribution < -0.4 is 11.1 Å². The van der Waals surface area contributed by atoms with Crippen molar-refractivity contribution in [3.05, 3.63) is 35.5 Å². The summed E-state index contributed by atoms with van der Waals surface area (Å²) in [5.41, 5.74) is 7.08. The Morgan fingerprint density at radius 3 is 2.85 bits per heavy atom. The number of amides is 1. The highest BCUT2D eigenvalue weighted by atomic mass is 19.1. The van der Waals surface area contributed by atoms with E-state index in [4.69, 9.17) is 10.3 Å². The first-order valence-electron chi connectivity index (χ1n) is 9.65. The van der Waals surface area contributed by atoms with Crippen LogP contribution in [0.1, 0.15) is 50.0 Å². The van der Waals surface area contributed by atoms with Crippen LogP contribution in [0.5, 0.6) is 0 Å². The summed E-state index contributed by atoms with van der Waals surface area (Å²) in [6.07, 6.45) is 6.59. The van der Waals surface area contributed by atoms with Gasteiger partial charge in [0.25, 0.3) is 0 Å². The van der Waals surface area contributed by atoms with Crippen LogP contribution in [0.15, 0.2) is 22.7 Å². The van der Waals surface area contributed by atoms with Gasteiger partial charge in [-0.05, 0) is 49.4 Å². The SMILES string of the molecule is Cc1cc(-c2noc(CCC(=O)NC(CN)C3CCCCC3)n2)ccc1F. The Hall–Kier alpha value is -2.28. The molecule has 1 saturated carbocycles. The average molecular weight is 374 g/mol. The Morgan fingerprint density at radius 1 is 1.37 bits per heavy atom. The number of carbonyl (C=O) groups excluding carboxylic acids is 1. The van der Waals surface area contributed by atoms with Gasteiger partial charge in [0.2, 0.25) is 17.6 Å². The molecule has 0 bridgehead atoms. The molecule has 2 aromatic rings. The number of rotatable bonds is 7. The molecule has 0 aliphatic heterocycles. The van der Waals surface area contributed by atoms with E-state index in [0.717, 1.165) is 12.8 Å². The first-order valence-corrected chi connectivity index (χ1v) is 9.65. The van der Waals surface area contributed by atoms with Crippen molar-refractivity contribution in [1.82, 2.24) is 15.5 Å². The molecular weight excluding hydrogens is 347 g/mol. The van der Waals surface area contributed by atoms with E-state index in [1.807, 2.05) is 0 Å². The van der Waals surface area contributed by atoms with Crippen LogP contribution in [0.25, 0.3) is 11.4 Å². The van der Waals surface area contributed by atoms with Gasteiger partial charge >= 0.3 is 0 Å². The average Bonchev–Trinajstić information content (AvgIpc) is 3.16. The monoisotopic (exact) mass is 374 g/mol. The minimum atomic E-state index is -0.272. The third-order valence-electron chi connectivity index (χ3n) is 5.27. The number of benzene rings is 1. The summed E-state index contributed by atoms with van der Waals surface area (Å²) >= 11 is 0. The zero-order chi connectivity index (χ0) is 19.2. The van der Waals surface area contributed by atoms with Crippen LogP contribution in [0.3, 0.4) is 0 Å². The largest absolute Gasteiger partial charge is 0.352 e. The van der Waals surface area contributed by atoms with Gasteiger partial charge in [-0.3, -0.25) is 4.79 Å². The third-order valence-corrected chi connectivity index (χ3v) is 5.27. The maximum Gasteiger partial charge on any atom is 0.227 e. The summed E-state index contributed by atoms with van der Waals surface area (Å²) in [5, 5.41) is 6.99. The zero-order valence-electron chi connectivity index (χ0n) is 15.7. The molecule has 27 heavy (non-hydrogen) atoms. The molecular formula is C20H27FN4O2. The number of nitrogens with one attached hydrogen (secondary N) is 1. The number of aromatic nitrogens is 2. The summed E-state index contributed by atoms with van der Waals surface area (Å²) in [5.74, 6) is 0.948. The van der Waals surface area contributed by atoms with Gasteiger partial charge in [0.15, 0.2) is 0 Å². The molecule has 6 nitrogen and oxygen atoms in total. The first-order chi connectivity index (χ1) is 13.1. The van der Waals surface area contributed by atoms with Crippen molar-refractivity contribution >= 4 is 5.91 Å². The van der Waals surface area contributed by atoms with E-state index in [-0.39, 0.29) is 24.2 Å². The van der Waals surface area contributed by atoms with Crippen LogP contribution >= 0.6 is 0 Å². The Balaban J connectivity index is 1.53. The van der Waals surface area contributed by atoms with Gasteiger partial charge in [-0.25, -0.2) is 4.39 Å². The normalized spacial score (nSPS) is 16.3. The molecule has 1 heterocycles. The number of nitrogens with zero attached hydrogens (tertiary/aromatic N) is 2. The van der Waals surface area contributed by atoms with Crippen molar-refractivity contribution in [2.75, 3.05) is 6.54 Å². The molecule has 1 atom stereocenters. The lowest BCUT2D eigenvalue weighted by atomic mass is 9.84. The number of aryl methyl sites for hydroxylation is 2. The smallest absolute Gasteiger partial charge is 0.227 e. The molecule has 3 N–H and O–H groups in total. The van der Waals surface area contributed by atoms with Gasteiger partial charge in [0.1, 0.15) is 5.82 Å². The predicted molar refractivity (Wildman–Crippen MR) is 100 cm³/mol. The minimum absolute atomic E-state index is 0.0400. The fourth-order valence-electron chi connectivity index (χ4n) is 3.66. The van der Waals surface area contributed by atoms with Crippen molar-refractivity contribution in [3.8, 4) is 11.4 Å². The summed E-state index contributed by atoms with van der Waals surface area (Å²) in [7, 11) is 0. The molecule has 1 amide bonds. The van der Waals surface area contributed by atoms with E-state index in [0.29, 0.717) is 41.7 Å². The predicted octanol–water partition coefficient (Wildman–Crippen LogP) is 3.14. The minimum Gasteiger partial charge on any atom is -0.352 e. The van der Waals surface area contributed by atoms with Crippen molar-refractivity contribution in [2.45, 2.75) is 57.9 Å². The first kappa shape index (κ1) is 19.5. The van der Waals surface area contributed by atoms with Gasteiger partial charge in [-0.2, -0.15) is 4.98 Å². The van der Waals surface area contributed by atoms with Gasteiger partial charge in [0, 0.05) is 31.0 Å². The second-order valence-electron chi connectivity index (χ2n) is 7.28. The molecule has 1 unspecified atom stereocenters. The third kappa shape index (κ3) is 5.13. The zero-order valence-corrected chi connectivity index (χ0v) is 15.7. The van der Waals surface area contributed by atoms with Gasteiger partial charge in [0.05, 0.1) is 0 Å². The highest BCUT2D eigenvalue weighted by Crippen LogP contribution is 2.26. The molecule has 0 spiro atoms. The van der Waals surface area contributed by atoms with Crippen molar-refractivity contribution < 1.29 is 13.7 Å². The topological polar surface area (TPSA) is 94.0 Å². The molecule has 146 valence electrons. The van der Waals surface area contributed by atoms with E-state index in [1.54, 1.807) is 19.1 Å². The maximum absolute atomic E-state index is 13.4. The fourth-order valence-corrected chi connectivity index (χ4v) is 3.66. The summed E-state index contributed by atoms with van der Waals surface area (Å²) in [4.78, 5) is 16.6. The van der Waals surface area contributed by atoms with Crippen LogP contribution in [0, 0.1) is 18.7 Å². The number of nitrogens with two attached hydrogens (primary N) is 1. The number of hydrogen-bond donors (Lipinski definition) is 2. The number of halogens is 1. The fraction of sp³-hybridized carbons (Fsp3) is 0.550. The second-order valence-corrected chi connectivity index (χ2v) is 7.28. The Bertz CT molecular complexity index is 771. The lowest BCUT2D eigenvalue weighted by molar-refractivity contribution is -0.122. The molecule has 1 aromatic carbocycles.